The van der Waals surface area contributed by atoms with Gasteiger partial charge >= 0.3 is 0 Å². The van der Waals surface area contributed by atoms with E-state index in [0.29, 0.717) is 22.1 Å². The average Bonchev–Trinajstić information content (AvgIpc) is 2.59. The molecule has 0 aromatic heterocycles. The number of carbonyl (C=O) groups excluding carboxylic acids is 1. The summed E-state index contributed by atoms with van der Waals surface area (Å²) >= 11 is 6.27. The highest BCUT2D eigenvalue weighted by molar-refractivity contribution is 6.32. The number of carbonyl (C=O) groups is 1. The van der Waals surface area contributed by atoms with Gasteiger partial charge in [-0.05, 0) is 80.8 Å². The molecule has 5 heteroatoms. The van der Waals surface area contributed by atoms with Gasteiger partial charge in [0.05, 0.1) is 19.2 Å². The smallest absolute Gasteiger partial charge is 0.251 e. The van der Waals surface area contributed by atoms with E-state index >= 15 is 0 Å². The molecular weight excluding hydrogens is 350 g/mol. The van der Waals surface area contributed by atoms with Gasteiger partial charge in [-0.25, -0.2) is 0 Å². The number of nitrogens with one attached hydrogen (secondary N) is 1. The Labute approximate surface area is 160 Å². The van der Waals surface area contributed by atoms with E-state index < -0.39 is 0 Å². The molecule has 5 rings (SSSR count). The second kappa shape index (κ2) is 6.63. The van der Waals surface area contributed by atoms with Crippen molar-refractivity contribution >= 4 is 17.5 Å². The number of hydrogen-bond acceptors (Lipinski definition) is 3. The Bertz CT molecular complexity index is 682. The second-order valence-electron chi connectivity index (χ2n) is 8.67. The van der Waals surface area contributed by atoms with Crippen LogP contribution in [0.5, 0.6) is 11.5 Å². The van der Waals surface area contributed by atoms with E-state index in [4.69, 9.17) is 21.1 Å². The van der Waals surface area contributed by atoms with Gasteiger partial charge in [0.2, 0.25) is 0 Å². The summed E-state index contributed by atoms with van der Waals surface area (Å²) in [5.41, 5.74) is 0.800. The SMILES string of the molecule is COc1cc(C(=O)N[C@H](C)C23CC4CC(CC(C4)C2)C3)cc(Cl)c1OC. The third-order valence-corrected chi connectivity index (χ3v) is 7.33. The molecule has 0 radical (unpaired) electrons. The zero-order valence-corrected chi connectivity index (χ0v) is 16.6. The highest BCUT2D eigenvalue weighted by Crippen LogP contribution is 2.61. The van der Waals surface area contributed by atoms with Crippen molar-refractivity contribution in [2.75, 3.05) is 14.2 Å². The lowest BCUT2D eigenvalue weighted by Crippen LogP contribution is -2.55. The maximum Gasteiger partial charge on any atom is 0.251 e. The standard InChI is InChI=1S/C21H28ClNO3/c1-12(21-9-13-4-14(10-21)6-15(5-13)11-21)23-20(24)16-7-17(22)19(26-3)18(8-16)25-2/h7-8,12-15H,4-6,9-11H2,1-3H3,(H,23,24)/t12-,13?,14?,15?,21?/m1/s1. The van der Waals surface area contributed by atoms with E-state index in [-0.39, 0.29) is 17.4 Å². The molecule has 0 heterocycles. The Morgan fingerprint density at radius 2 is 1.69 bits per heavy atom. The maximum atomic E-state index is 12.9. The molecule has 4 aliphatic rings. The molecule has 4 bridgehead atoms. The van der Waals surface area contributed by atoms with Crippen LogP contribution in [0, 0.1) is 23.2 Å². The molecule has 4 nitrogen and oxygen atoms in total. The van der Waals surface area contributed by atoms with Crippen molar-refractivity contribution in [1.29, 1.82) is 0 Å². The van der Waals surface area contributed by atoms with Gasteiger partial charge in [0, 0.05) is 11.6 Å². The Morgan fingerprint density at radius 3 is 2.19 bits per heavy atom. The molecular formula is C21H28ClNO3. The van der Waals surface area contributed by atoms with Crippen molar-refractivity contribution in [3.8, 4) is 11.5 Å². The lowest BCUT2D eigenvalue weighted by molar-refractivity contribution is -0.0688. The van der Waals surface area contributed by atoms with Crippen LogP contribution in [0.15, 0.2) is 12.1 Å². The van der Waals surface area contributed by atoms with Gasteiger partial charge < -0.3 is 14.8 Å². The van der Waals surface area contributed by atoms with Crippen molar-refractivity contribution in [3.63, 3.8) is 0 Å². The van der Waals surface area contributed by atoms with Gasteiger partial charge in [-0.15, -0.1) is 0 Å². The average molecular weight is 378 g/mol. The number of rotatable bonds is 5. The van der Waals surface area contributed by atoms with E-state index in [0.717, 1.165) is 17.8 Å². The molecule has 0 saturated heterocycles. The summed E-state index contributed by atoms with van der Waals surface area (Å²) < 4.78 is 10.6. The van der Waals surface area contributed by atoms with Gasteiger partial charge in [-0.3, -0.25) is 4.79 Å². The third kappa shape index (κ3) is 2.96. The van der Waals surface area contributed by atoms with Crippen LogP contribution in [0.3, 0.4) is 0 Å². The van der Waals surface area contributed by atoms with Gasteiger partial charge in [0.1, 0.15) is 0 Å². The second-order valence-corrected chi connectivity index (χ2v) is 9.08. The molecule has 142 valence electrons. The first kappa shape index (κ1) is 18.0. The molecule has 1 amide bonds. The predicted octanol–water partition coefficient (Wildman–Crippen LogP) is 4.69. The summed E-state index contributed by atoms with van der Waals surface area (Å²) in [7, 11) is 3.09. The minimum atomic E-state index is -0.0869. The van der Waals surface area contributed by atoms with Gasteiger partial charge in [-0.2, -0.15) is 0 Å². The zero-order valence-electron chi connectivity index (χ0n) is 15.8. The third-order valence-electron chi connectivity index (χ3n) is 7.05. The molecule has 0 aliphatic heterocycles. The van der Waals surface area contributed by atoms with Crippen LogP contribution < -0.4 is 14.8 Å². The van der Waals surface area contributed by atoms with Gasteiger partial charge in [0.15, 0.2) is 11.5 Å². The highest BCUT2D eigenvalue weighted by atomic mass is 35.5. The molecule has 1 N–H and O–H groups in total. The number of halogens is 1. The molecule has 1 atom stereocenters. The lowest BCUT2D eigenvalue weighted by atomic mass is 9.48. The van der Waals surface area contributed by atoms with Crippen LogP contribution in [0.2, 0.25) is 5.02 Å². The summed E-state index contributed by atoms with van der Waals surface area (Å²) in [4.78, 5) is 12.9. The van der Waals surface area contributed by atoms with Crippen molar-refractivity contribution in [2.24, 2.45) is 23.2 Å². The largest absolute Gasteiger partial charge is 0.493 e. The number of amides is 1. The fourth-order valence-corrected chi connectivity index (χ4v) is 6.48. The zero-order chi connectivity index (χ0) is 18.5. The molecule has 4 fully saturated rings. The van der Waals surface area contributed by atoms with Crippen molar-refractivity contribution in [3.05, 3.63) is 22.7 Å². The number of hydrogen-bond donors (Lipinski definition) is 1. The fourth-order valence-electron chi connectivity index (χ4n) is 6.19. The fraction of sp³-hybridized carbons (Fsp3) is 0.667. The molecule has 0 spiro atoms. The molecule has 4 saturated carbocycles. The van der Waals surface area contributed by atoms with Crippen LogP contribution >= 0.6 is 11.6 Å². The van der Waals surface area contributed by atoms with Crippen LogP contribution in [-0.4, -0.2) is 26.2 Å². The van der Waals surface area contributed by atoms with Gasteiger partial charge in [-0.1, -0.05) is 11.6 Å². The number of methoxy groups -OCH3 is 2. The number of benzene rings is 1. The summed E-state index contributed by atoms with van der Waals surface area (Å²) in [6, 6.07) is 3.53. The summed E-state index contributed by atoms with van der Waals surface area (Å²) in [5.74, 6) is 3.46. The van der Waals surface area contributed by atoms with Crippen LogP contribution in [0.25, 0.3) is 0 Å². The van der Waals surface area contributed by atoms with E-state index in [9.17, 15) is 4.79 Å². The monoisotopic (exact) mass is 377 g/mol. The number of ether oxygens (including phenoxy) is 2. The molecule has 1 aromatic rings. The van der Waals surface area contributed by atoms with E-state index in [1.54, 1.807) is 26.4 Å². The summed E-state index contributed by atoms with van der Waals surface area (Å²) in [6.07, 6.45) is 8.04. The Kier molecular flexibility index (Phi) is 4.58. The predicted molar refractivity (Wildman–Crippen MR) is 102 cm³/mol. The first-order valence-corrected chi connectivity index (χ1v) is 10.0. The minimum absolute atomic E-state index is 0.0869. The minimum Gasteiger partial charge on any atom is -0.493 e. The van der Waals surface area contributed by atoms with Crippen molar-refractivity contribution in [1.82, 2.24) is 5.32 Å². The molecule has 26 heavy (non-hydrogen) atoms. The van der Waals surface area contributed by atoms with Gasteiger partial charge in [0.25, 0.3) is 5.91 Å². The summed E-state index contributed by atoms with van der Waals surface area (Å²) in [5, 5.41) is 3.66. The van der Waals surface area contributed by atoms with Crippen molar-refractivity contribution < 1.29 is 14.3 Å². The van der Waals surface area contributed by atoms with Crippen LogP contribution in [-0.2, 0) is 0 Å². The van der Waals surface area contributed by atoms with Crippen LogP contribution in [0.1, 0.15) is 55.8 Å². The van der Waals surface area contributed by atoms with E-state index in [2.05, 4.69) is 12.2 Å². The Balaban J connectivity index is 1.52. The molecule has 0 unspecified atom stereocenters. The topological polar surface area (TPSA) is 47.6 Å². The Hall–Kier alpha value is -1.42. The lowest BCUT2D eigenvalue weighted by Gasteiger charge is -2.59. The summed E-state index contributed by atoms with van der Waals surface area (Å²) in [6.45, 7) is 2.19. The van der Waals surface area contributed by atoms with Crippen LogP contribution in [0.4, 0.5) is 0 Å². The van der Waals surface area contributed by atoms with Crippen molar-refractivity contribution in [2.45, 2.75) is 51.5 Å². The molecule has 1 aromatic carbocycles. The first-order valence-electron chi connectivity index (χ1n) is 9.66. The Morgan fingerprint density at radius 1 is 1.12 bits per heavy atom. The normalized spacial score (nSPS) is 33.0. The molecule has 4 aliphatic carbocycles. The quantitative estimate of drug-likeness (QED) is 0.809. The maximum absolute atomic E-state index is 12.9. The van der Waals surface area contributed by atoms with E-state index in [1.165, 1.54) is 38.5 Å². The first-order chi connectivity index (χ1) is 12.4. The van der Waals surface area contributed by atoms with E-state index in [1.807, 2.05) is 0 Å². The highest BCUT2D eigenvalue weighted by Gasteiger charge is 2.53.